The summed E-state index contributed by atoms with van der Waals surface area (Å²) in [5, 5.41) is 2.18. The second-order valence-corrected chi connectivity index (χ2v) is 6.11. The van der Waals surface area contributed by atoms with Gasteiger partial charge in [0.05, 0.1) is 5.69 Å². The molecule has 2 aromatic carbocycles. The highest BCUT2D eigenvalue weighted by atomic mass is 79.9. The van der Waals surface area contributed by atoms with Gasteiger partial charge in [-0.05, 0) is 43.3 Å². The fourth-order valence-corrected chi connectivity index (χ4v) is 2.27. The molecule has 1 unspecified atom stereocenters. The van der Waals surface area contributed by atoms with Crippen molar-refractivity contribution in [1.82, 2.24) is 0 Å². The van der Waals surface area contributed by atoms with E-state index in [2.05, 4.69) is 21.2 Å². The Bertz CT molecular complexity index is 871. The van der Waals surface area contributed by atoms with Crippen LogP contribution in [0.1, 0.15) is 12.5 Å². The van der Waals surface area contributed by atoms with E-state index in [1.54, 1.807) is 0 Å². The van der Waals surface area contributed by atoms with Gasteiger partial charge in [-0.2, -0.15) is 0 Å². The maximum atomic E-state index is 13.6. The first-order valence-electron chi connectivity index (χ1n) is 7.36. The van der Waals surface area contributed by atoms with Crippen molar-refractivity contribution in [3.05, 3.63) is 70.0 Å². The molecule has 0 aliphatic heterocycles. The molecule has 0 aromatic heterocycles. The smallest absolute Gasteiger partial charge is 0.331 e. The highest BCUT2D eigenvalue weighted by molar-refractivity contribution is 9.10. The second-order valence-electron chi connectivity index (χ2n) is 5.19. The topological polar surface area (TPSA) is 55.4 Å². The summed E-state index contributed by atoms with van der Waals surface area (Å²) in [6.45, 7) is 1.28. The molecule has 0 aliphatic carbocycles. The van der Waals surface area contributed by atoms with Gasteiger partial charge in [-0.1, -0.05) is 15.9 Å². The number of halogens is 4. The van der Waals surface area contributed by atoms with Gasteiger partial charge in [-0.15, -0.1) is 0 Å². The minimum absolute atomic E-state index is 0.154. The van der Waals surface area contributed by atoms with Crippen LogP contribution in [0.2, 0.25) is 0 Å². The highest BCUT2D eigenvalue weighted by Gasteiger charge is 2.18. The summed E-state index contributed by atoms with van der Waals surface area (Å²) in [4.78, 5) is 23.7. The maximum Gasteiger partial charge on any atom is 0.331 e. The number of ether oxygens (including phenoxy) is 1. The van der Waals surface area contributed by atoms with Gasteiger partial charge in [0.25, 0.3) is 5.91 Å². The molecular formula is C18H13BrF3NO3. The molecular weight excluding hydrogens is 415 g/mol. The zero-order valence-electron chi connectivity index (χ0n) is 13.4. The predicted molar refractivity (Wildman–Crippen MR) is 93.7 cm³/mol. The number of anilines is 1. The summed E-state index contributed by atoms with van der Waals surface area (Å²) in [5.41, 5.74) is -0.0899. The van der Waals surface area contributed by atoms with Crippen LogP contribution in [0.3, 0.4) is 0 Å². The largest absolute Gasteiger partial charge is 0.449 e. The lowest BCUT2D eigenvalue weighted by Crippen LogP contribution is -2.29. The zero-order valence-corrected chi connectivity index (χ0v) is 15.0. The van der Waals surface area contributed by atoms with E-state index < -0.39 is 35.4 Å². The van der Waals surface area contributed by atoms with Crippen LogP contribution in [0.25, 0.3) is 6.08 Å². The van der Waals surface area contributed by atoms with Crippen molar-refractivity contribution < 1.29 is 27.5 Å². The standard InChI is InChI=1S/C18H13BrF3NO3/c1-10(18(25)23-16-6-4-13(20)9-15(16)22)26-17(24)7-2-11-8-12(19)3-5-14(11)21/h2-10H,1H3,(H,23,25)/b7-2+. The third kappa shape index (κ3) is 5.45. The lowest BCUT2D eigenvalue weighted by molar-refractivity contribution is -0.148. The van der Waals surface area contributed by atoms with Crippen molar-refractivity contribution >= 4 is 39.6 Å². The molecule has 1 atom stereocenters. The third-order valence-corrected chi connectivity index (χ3v) is 3.70. The van der Waals surface area contributed by atoms with Crippen molar-refractivity contribution in [3.63, 3.8) is 0 Å². The Morgan fingerprint density at radius 3 is 2.54 bits per heavy atom. The van der Waals surface area contributed by atoms with Crippen molar-refractivity contribution in [2.75, 3.05) is 5.32 Å². The van der Waals surface area contributed by atoms with Gasteiger partial charge in [0.2, 0.25) is 0 Å². The first-order valence-corrected chi connectivity index (χ1v) is 8.15. The highest BCUT2D eigenvalue weighted by Crippen LogP contribution is 2.17. The van der Waals surface area contributed by atoms with Gasteiger partial charge in [0, 0.05) is 22.2 Å². The van der Waals surface area contributed by atoms with Crippen molar-refractivity contribution in [3.8, 4) is 0 Å². The van der Waals surface area contributed by atoms with Crippen molar-refractivity contribution in [2.24, 2.45) is 0 Å². The molecule has 1 N–H and O–H groups in total. The Morgan fingerprint density at radius 2 is 1.85 bits per heavy atom. The third-order valence-electron chi connectivity index (χ3n) is 3.21. The van der Waals surface area contributed by atoms with Gasteiger partial charge in [-0.3, -0.25) is 4.79 Å². The fourth-order valence-electron chi connectivity index (χ4n) is 1.89. The number of rotatable bonds is 5. The fraction of sp³-hybridized carbons (Fsp3) is 0.111. The van der Waals surface area contributed by atoms with E-state index in [0.29, 0.717) is 10.5 Å². The van der Waals surface area contributed by atoms with Gasteiger partial charge in [0.15, 0.2) is 6.10 Å². The van der Waals surface area contributed by atoms with Crippen LogP contribution in [0.15, 0.2) is 46.9 Å². The number of carbonyl (C=O) groups excluding carboxylic acids is 2. The van der Waals surface area contributed by atoms with Crippen LogP contribution >= 0.6 is 15.9 Å². The van der Waals surface area contributed by atoms with Crippen LogP contribution in [0.4, 0.5) is 18.9 Å². The minimum atomic E-state index is -1.25. The summed E-state index contributed by atoms with van der Waals surface area (Å²) >= 11 is 3.18. The molecule has 0 saturated carbocycles. The molecule has 8 heteroatoms. The first kappa shape index (κ1) is 19.7. The molecule has 4 nitrogen and oxygen atoms in total. The minimum Gasteiger partial charge on any atom is -0.449 e. The predicted octanol–water partition coefficient (Wildman–Crippen LogP) is 4.45. The molecule has 0 heterocycles. The van der Waals surface area contributed by atoms with Crippen molar-refractivity contribution in [1.29, 1.82) is 0 Å². The van der Waals surface area contributed by atoms with Crippen LogP contribution in [0, 0.1) is 17.5 Å². The first-order chi connectivity index (χ1) is 12.3. The number of esters is 1. The summed E-state index contributed by atoms with van der Waals surface area (Å²) in [6, 6.07) is 6.83. The molecule has 0 radical (unpaired) electrons. The quantitative estimate of drug-likeness (QED) is 0.566. The molecule has 2 aromatic rings. The van der Waals surface area contributed by atoms with Crippen molar-refractivity contribution in [2.45, 2.75) is 13.0 Å². The van der Waals surface area contributed by atoms with Crippen LogP contribution in [0.5, 0.6) is 0 Å². The Kier molecular flexibility index (Phi) is 6.57. The Morgan fingerprint density at radius 1 is 1.12 bits per heavy atom. The molecule has 0 fully saturated rings. The van der Waals surface area contributed by atoms with E-state index in [1.807, 2.05) is 0 Å². The van der Waals surface area contributed by atoms with Gasteiger partial charge in [0.1, 0.15) is 17.5 Å². The Labute approximate surface area is 155 Å². The SMILES string of the molecule is CC(OC(=O)/C=C/c1cc(Br)ccc1F)C(=O)Nc1ccc(F)cc1F. The molecule has 0 aliphatic rings. The van der Waals surface area contributed by atoms with Crippen LogP contribution < -0.4 is 5.32 Å². The number of hydrogen-bond acceptors (Lipinski definition) is 3. The second kappa shape index (κ2) is 8.66. The molecule has 2 rings (SSSR count). The maximum absolute atomic E-state index is 13.6. The summed E-state index contributed by atoms with van der Waals surface area (Å²) in [6.07, 6.45) is 0.920. The van der Waals surface area contributed by atoms with E-state index in [-0.39, 0.29) is 11.3 Å². The normalized spacial score (nSPS) is 12.0. The average molecular weight is 428 g/mol. The number of nitrogens with one attached hydrogen (secondary N) is 1. The number of hydrogen-bond donors (Lipinski definition) is 1. The molecule has 0 spiro atoms. The number of benzene rings is 2. The molecule has 26 heavy (non-hydrogen) atoms. The van der Waals surface area contributed by atoms with Gasteiger partial charge >= 0.3 is 5.97 Å². The van der Waals surface area contributed by atoms with Gasteiger partial charge < -0.3 is 10.1 Å². The van der Waals surface area contributed by atoms with E-state index in [4.69, 9.17) is 4.74 Å². The lowest BCUT2D eigenvalue weighted by Gasteiger charge is -2.12. The molecule has 1 amide bonds. The Hall–Kier alpha value is -2.61. The lowest BCUT2D eigenvalue weighted by atomic mass is 10.2. The van der Waals surface area contributed by atoms with E-state index in [9.17, 15) is 22.8 Å². The van der Waals surface area contributed by atoms with E-state index in [0.717, 1.165) is 18.2 Å². The van der Waals surface area contributed by atoms with E-state index >= 15 is 0 Å². The summed E-state index contributed by atoms with van der Waals surface area (Å²) in [5.74, 6) is -3.96. The molecule has 0 bridgehead atoms. The summed E-state index contributed by atoms with van der Waals surface area (Å²) < 4.78 is 45.4. The van der Waals surface area contributed by atoms with Crippen LogP contribution in [-0.2, 0) is 14.3 Å². The van der Waals surface area contributed by atoms with E-state index in [1.165, 1.54) is 31.2 Å². The molecule has 0 saturated heterocycles. The van der Waals surface area contributed by atoms with Crippen LogP contribution in [-0.4, -0.2) is 18.0 Å². The molecule has 136 valence electrons. The van der Waals surface area contributed by atoms with Gasteiger partial charge in [-0.25, -0.2) is 18.0 Å². The summed E-state index contributed by atoms with van der Waals surface area (Å²) in [7, 11) is 0. The average Bonchev–Trinajstić information content (AvgIpc) is 2.58. The zero-order chi connectivity index (χ0) is 19.3. The number of amides is 1. The monoisotopic (exact) mass is 427 g/mol. The Balaban J connectivity index is 1.96. The number of carbonyl (C=O) groups is 2.